The summed E-state index contributed by atoms with van der Waals surface area (Å²) in [7, 11) is 0. The van der Waals surface area contributed by atoms with Crippen LogP contribution in [-0.2, 0) is 0 Å². The first kappa shape index (κ1) is 12.9. The molecule has 0 aromatic heterocycles. The lowest BCUT2D eigenvalue weighted by Gasteiger charge is -2.34. The molecule has 0 aromatic carbocycles. The van der Waals surface area contributed by atoms with Gasteiger partial charge in [-0.1, -0.05) is 20.8 Å². The van der Waals surface area contributed by atoms with Crippen LogP contribution in [0.15, 0.2) is 0 Å². The third-order valence-electron chi connectivity index (χ3n) is 3.36. The highest BCUT2D eigenvalue weighted by atomic mass is 16.3. The van der Waals surface area contributed by atoms with Crippen LogP contribution in [0.25, 0.3) is 0 Å². The van der Waals surface area contributed by atoms with E-state index in [2.05, 4.69) is 26.1 Å². The predicted octanol–water partition coefficient (Wildman–Crippen LogP) is 1.29. The van der Waals surface area contributed by atoms with Gasteiger partial charge in [-0.2, -0.15) is 0 Å². The Morgan fingerprint density at radius 2 is 2.00 bits per heavy atom. The minimum absolute atomic E-state index is 0.130. The van der Waals surface area contributed by atoms with E-state index in [0.29, 0.717) is 0 Å². The minimum atomic E-state index is -0.200. The maximum absolute atomic E-state index is 9.75. The summed E-state index contributed by atoms with van der Waals surface area (Å²) in [5.74, 6) is 0. The SMILES string of the molecule is CC(C)(C)C(CCO)N[C@@H]1CCC[C@H]1O. The van der Waals surface area contributed by atoms with E-state index < -0.39 is 0 Å². The molecule has 3 nitrogen and oxygen atoms in total. The van der Waals surface area contributed by atoms with Gasteiger partial charge in [0.15, 0.2) is 0 Å². The molecular weight excluding hydrogens is 190 g/mol. The molecule has 1 saturated carbocycles. The van der Waals surface area contributed by atoms with Crippen molar-refractivity contribution in [1.82, 2.24) is 5.32 Å². The Balaban J connectivity index is 2.50. The predicted molar refractivity (Wildman–Crippen MR) is 61.7 cm³/mol. The van der Waals surface area contributed by atoms with Gasteiger partial charge in [-0.05, 0) is 31.1 Å². The molecule has 3 heteroatoms. The molecular formula is C12H25NO2. The van der Waals surface area contributed by atoms with Crippen LogP contribution in [0.4, 0.5) is 0 Å². The van der Waals surface area contributed by atoms with Crippen molar-refractivity contribution in [3.05, 3.63) is 0 Å². The van der Waals surface area contributed by atoms with Crippen LogP contribution in [0.1, 0.15) is 46.5 Å². The monoisotopic (exact) mass is 215 g/mol. The van der Waals surface area contributed by atoms with E-state index in [-0.39, 0.29) is 30.2 Å². The quantitative estimate of drug-likeness (QED) is 0.662. The van der Waals surface area contributed by atoms with Gasteiger partial charge in [-0.3, -0.25) is 0 Å². The van der Waals surface area contributed by atoms with Crippen molar-refractivity contribution in [2.75, 3.05) is 6.61 Å². The van der Waals surface area contributed by atoms with E-state index in [1.54, 1.807) is 0 Å². The molecule has 3 atom stereocenters. The third kappa shape index (κ3) is 3.74. The second-order valence-electron chi connectivity index (χ2n) is 5.70. The average Bonchev–Trinajstić information content (AvgIpc) is 2.49. The molecule has 0 aliphatic heterocycles. The highest BCUT2D eigenvalue weighted by Gasteiger charge is 2.31. The Hall–Kier alpha value is -0.120. The number of hydrogen-bond donors (Lipinski definition) is 3. The molecule has 0 spiro atoms. The van der Waals surface area contributed by atoms with Gasteiger partial charge in [-0.15, -0.1) is 0 Å². The summed E-state index contributed by atoms with van der Waals surface area (Å²) in [4.78, 5) is 0. The van der Waals surface area contributed by atoms with Crippen molar-refractivity contribution < 1.29 is 10.2 Å². The highest BCUT2D eigenvalue weighted by molar-refractivity contribution is 4.89. The Bertz CT molecular complexity index is 189. The van der Waals surface area contributed by atoms with Crippen molar-refractivity contribution in [3.8, 4) is 0 Å². The van der Waals surface area contributed by atoms with Gasteiger partial charge in [0.25, 0.3) is 0 Å². The first-order valence-corrected chi connectivity index (χ1v) is 6.00. The minimum Gasteiger partial charge on any atom is -0.396 e. The summed E-state index contributed by atoms with van der Waals surface area (Å²) in [6, 6.07) is 0.501. The standard InChI is InChI=1S/C12H25NO2/c1-12(2,3)11(7-8-14)13-9-5-4-6-10(9)15/h9-11,13-15H,4-8H2,1-3H3/t9-,10-,11?/m1/s1. The molecule has 0 amide bonds. The van der Waals surface area contributed by atoms with E-state index in [9.17, 15) is 5.11 Å². The van der Waals surface area contributed by atoms with Gasteiger partial charge in [0.1, 0.15) is 0 Å². The van der Waals surface area contributed by atoms with Crippen molar-refractivity contribution in [3.63, 3.8) is 0 Å². The summed E-state index contributed by atoms with van der Waals surface area (Å²) >= 11 is 0. The van der Waals surface area contributed by atoms with Gasteiger partial charge >= 0.3 is 0 Å². The molecule has 0 aromatic rings. The fraction of sp³-hybridized carbons (Fsp3) is 1.00. The number of nitrogens with one attached hydrogen (secondary N) is 1. The molecule has 1 rings (SSSR count). The highest BCUT2D eigenvalue weighted by Crippen LogP contribution is 2.26. The summed E-state index contributed by atoms with van der Waals surface area (Å²) in [5, 5.41) is 22.3. The largest absolute Gasteiger partial charge is 0.396 e. The van der Waals surface area contributed by atoms with Crippen LogP contribution in [0.5, 0.6) is 0 Å². The van der Waals surface area contributed by atoms with E-state index in [1.807, 2.05) is 0 Å². The molecule has 1 unspecified atom stereocenters. The molecule has 1 aliphatic rings. The van der Waals surface area contributed by atoms with Crippen LogP contribution in [0, 0.1) is 5.41 Å². The first-order chi connectivity index (χ1) is 6.95. The molecule has 1 fully saturated rings. The molecule has 3 N–H and O–H groups in total. The Kier molecular flexibility index (Phi) is 4.56. The lowest BCUT2D eigenvalue weighted by Crippen LogP contribution is -2.49. The van der Waals surface area contributed by atoms with Crippen molar-refractivity contribution in [2.24, 2.45) is 5.41 Å². The fourth-order valence-corrected chi connectivity index (χ4v) is 2.29. The van der Waals surface area contributed by atoms with Crippen LogP contribution in [0.2, 0.25) is 0 Å². The van der Waals surface area contributed by atoms with Crippen LogP contribution in [0.3, 0.4) is 0 Å². The second-order valence-corrected chi connectivity index (χ2v) is 5.70. The Morgan fingerprint density at radius 3 is 2.40 bits per heavy atom. The zero-order valence-corrected chi connectivity index (χ0v) is 10.2. The molecule has 0 heterocycles. The molecule has 0 bridgehead atoms. The Labute approximate surface area is 92.9 Å². The van der Waals surface area contributed by atoms with Crippen LogP contribution >= 0.6 is 0 Å². The second kappa shape index (κ2) is 5.28. The maximum atomic E-state index is 9.75. The first-order valence-electron chi connectivity index (χ1n) is 6.00. The number of aliphatic hydroxyl groups excluding tert-OH is 2. The van der Waals surface area contributed by atoms with Crippen molar-refractivity contribution in [1.29, 1.82) is 0 Å². The van der Waals surface area contributed by atoms with E-state index in [4.69, 9.17) is 5.11 Å². The summed E-state index contributed by atoms with van der Waals surface area (Å²) in [6.45, 7) is 6.71. The Morgan fingerprint density at radius 1 is 1.33 bits per heavy atom. The van der Waals surface area contributed by atoms with Crippen LogP contribution in [-0.4, -0.2) is 35.0 Å². The number of rotatable bonds is 4. The van der Waals surface area contributed by atoms with Gasteiger partial charge in [-0.25, -0.2) is 0 Å². The fourth-order valence-electron chi connectivity index (χ4n) is 2.29. The van der Waals surface area contributed by atoms with Gasteiger partial charge in [0.2, 0.25) is 0 Å². The number of hydrogen-bond acceptors (Lipinski definition) is 3. The molecule has 15 heavy (non-hydrogen) atoms. The third-order valence-corrected chi connectivity index (χ3v) is 3.36. The molecule has 0 radical (unpaired) electrons. The summed E-state index contributed by atoms with van der Waals surface area (Å²) < 4.78 is 0. The molecule has 90 valence electrons. The molecule has 0 saturated heterocycles. The lowest BCUT2D eigenvalue weighted by molar-refractivity contribution is 0.116. The summed E-state index contributed by atoms with van der Waals surface area (Å²) in [6.07, 6.45) is 3.63. The van der Waals surface area contributed by atoms with E-state index in [0.717, 1.165) is 25.7 Å². The van der Waals surface area contributed by atoms with Crippen molar-refractivity contribution >= 4 is 0 Å². The van der Waals surface area contributed by atoms with Gasteiger partial charge in [0, 0.05) is 18.7 Å². The average molecular weight is 215 g/mol. The van der Waals surface area contributed by atoms with Gasteiger partial charge < -0.3 is 15.5 Å². The smallest absolute Gasteiger partial charge is 0.0693 e. The van der Waals surface area contributed by atoms with E-state index >= 15 is 0 Å². The topological polar surface area (TPSA) is 52.5 Å². The number of aliphatic hydroxyl groups is 2. The normalized spacial score (nSPS) is 29.4. The lowest BCUT2D eigenvalue weighted by atomic mass is 9.84. The maximum Gasteiger partial charge on any atom is 0.0693 e. The van der Waals surface area contributed by atoms with Crippen LogP contribution < -0.4 is 5.32 Å². The van der Waals surface area contributed by atoms with Crippen molar-refractivity contribution in [2.45, 2.75) is 64.6 Å². The summed E-state index contributed by atoms with van der Waals surface area (Å²) in [5.41, 5.74) is 0.130. The zero-order chi connectivity index (χ0) is 11.5. The molecule has 1 aliphatic carbocycles. The zero-order valence-electron chi connectivity index (χ0n) is 10.2. The van der Waals surface area contributed by atoms with Gasteiger partial charge in [0.05, 0.1) is 6.10 Å². The van der Waals surface area contributed by atoms with E-state index in [1.165, 1.54) is 0 Å².